The molecule has 1 aliphatic rings. The first-order valence-electron chi connectivity index (χ1n) is 7.06. The molecule has 0 saturated carbocycles. The minimum absolute atomic E-state index is 0.220. The van der Waals surface area contributed by atoms with Crippen LogP contribution in [-0.4, -0.2) is 17.5 Å². The molecular formula is C14H28I3N2OP. The van der Waals surface area contributed by atoms with Crippen molar-refractivity contribution in [3.8, 4) is 0 Å². The van der Waals surface area contributed by atoms with Gasteiger partial charge in [0.15, 0.2) is 0 Å². The van der Waals surface area contributed by atoms with Gasteiger partial charge in [-0.05, 0) is 54.4 Å². The summed E-state index contributed by atoms with van der Waals surface area (Å²) in [5.74, 6) is 0. The maximum absolute atomic E-state index is 4.94. The second-order valence-corrected chi connectivity index (χ2v) is 24.1. The van der Waals surface area contributed by atoms with Crippen molar-refractivity contribution in [3.05, 3.63) is 12.4 Å². The molecule has 2 rings (SSSR count). The van der Waals surface area contributed by atoms with E-state index in [1.165, 1.54) is 21.4 Å². The van der Waals surface area contributed by atoms with Gasteiger partial charge in [-0.25, -0.2) is 8.66 Å². The van der Waals surface area contributed by atoms with Crippen LogP contribution in [0.3, 0.4) is 0 Å². The number of halogens is 3. The van der Waals surface area contributed by atoms with Crippen molar-refractivity contribution in [2.45, 2.75) is 65.5 Å². The summed E-state index contributed by atoms with van der Waals surface area (Å²) in [4.78, 5) is 0. The number of nitrogens with zero attached hydrogens (tertiary/aromatic N) is 2. The van der Waals surface area contributed by atoms with Gasteiger partial charge in [0.05, 0.1) is 0 Å². The Balaban J connectivity index is 0.000000410. The average Bonchev–Trinajstić information content (AvgIpc) is 3.04. The molecule has 0 spiro atoms. The summed E-state index contributed by atoms with van der Waals surface area (Å²) < 4.78 is 9.61. The van der Waals surface area contributed by atoms with Crippen molar-refractivity contribution in [1.82, 2.24) is 4.33 Å². The van der Waals surface area contributed by atoms with E-state index in [1.807, 2.05) is 0 Å². The fourth-order valence-corrected chi connectivity index (χ4v) is 2.50. The van der Waals surface area contributed by atoms with Gasteiger partial charge in [-0.3, -0.25) is 0 Å². The van der Waals surface area contributed by atoms with Gasteiger partial charge in [-0.2, -0.15) is 0 Å². The zero-order chi connectivity index (χ0) is 16.5. The van der Waals surface area contributed by atoms with Gasteiger partial charge in [-0.1, -0.05) is 0 Å². The third kappa shape index (κ3) is 11.1. The molecule has 2 heterocycles. The summed E-state index contributed by atoms with van der Waals surface area (Å²) in [5, 5.41) is 0. The Kier molecular flexibility index (Phi) is 12.3. The van der Waals surface area contributed by atoms with E-state index in [0.717, 1.165) is 13.2 Å². The molecule has 0 N–H and O–H groups in total. The molecule has 0 radical (unpaired) electrons. The van der Waals surface area contributed by atoms with Crippen LogP contribution in [0.2, 0.25) is 0 Å². The van der Waals surface area contributed by atoms with E-state index >= 15 is 0 Å². The molecule has 0 bridgehead atoms. The fraction of sp³-hybridized carbons (Fsp3) is 0.857. The van der Waals surface area contributed by atoms with Crippen LogP contribution in [0.5, 0.6) is 0 Å². The van der Waals surface area contributed by atoms with E-state index in [-0.39, 0.29) is 11.1 Å². The Bertz CT molecular complexity index is 346. The number of hydrogen-bond donors (Lipinski definition) is 0. The predicted molar refractivity (Wildman–Crippen MR) is 105 cm³/mol. The van der Waals surface area contributed by atoms with Crippen LogP contribution in [0.25, 0.3) is 0 Å². The Morgan fingerprint density at radius 2 is 1.57 bits per heavy atom. The monoisotopic (exact) mass is 652 g/mol. The number of aromatic nitrogens is 2. The Morgan fingerprint density at radius 1 is 1.10 bits per heavy atom. The molecule has 1 aliphatic heterocycles. The van der Waals surface area contributed by atoms with Crippen LogP contribution in [0, 0.1) is 0 Å². The van der Waals surface area contributed by atoms with Gasteiger partial charge in [-0.15, -0.1) is 0 Å². The van der Waals surface area contributed by atoms with E-state index in [2.05, 4.69) is 99.8 Å². The second kappa shape index (κ2) is 11.4. The summed E-state index contributed by atoms with van der Waals surface area (Å²) in [6.45, 7) is 15.4. The van der Waals surface area contributed by atoms with Crippen molar-refractivity contribution >= 4 is 45.7 Å². The van der Waals surface area contributed by atoms with Crippen LogP contribution >= 0.6 is 45.7 Å². The van der Waals surface area contributed by atoms with Gasteiger partial charge >= 0.3 is 59.0 Å². The summed E-state index contributed by atoms with van der Waals surface area (Å²) >= 11 is 5.30. The molecule has 3 nitrogen and oxygen atoms in total. The molecule has 0 unspecified atom stereocenters. The molecule has 0 atom stereocenters. The SMILES string of the molecule is C1CCOC1.CC(C)(C)n1cc[n+](C(C)(C)C)p1.I[I-]I. The molecule has 126 valence electrons. The summed E-state index contributed by atoms with van der Waals surface area (Å²) in [6, 6.07) is 0. The number of rotatable bonds is 0. The van der Waals surface area contributed by atoms with E-state index < -0.39 is 0 Å². The molecule has 1 fully saturated rings. The quantitative estimate of drug-likeness (QED) is 0.395. The van der Waals surface area contributed by atoms with Crippen molar-refractivity contribution < 1.29 is 22.3 Å². The van der Waals surface area contributed by atoms with Crippen molar-refractivity contribution in [2.75, 3.05) is 13.2 Å². The third-order valence-corrected chi connectivity index (χ3v) is 4.60. The molecule has 1 saturated heterocycles. The summed E-state index contributed by atoms with van der Waals surface area (Å²) in [6.07, 6.45) is 6.90. The first-order chi connectivity index (χ1) is 9.62. The van der Waals surface area contributed by atoms with Gasteiger partial charge in [0, 0.05) is 13.2 Å². The number of ether oxygens (including phenoxy) is 1. The first kappa shape index (κ1) is 22.8. The molecular weight excluding hydrogens is 624 g/mol. The molecule has 0 aliphatic carbocycles. The predicted octanol–water partition coefficient (Wildman–Crippen LogP) is 2.44. The Hall–Kier alpha value is 1.79. The van der Waals surface area contributed by atoms with Crippen molar-refractivity contribution in [1.29, 1.82) is 0 Å². The van der Waals surface area contributed by atoms with E-state index in [0.29, 0.717) is 13.3 Å². The van der Waals surface area contributed by atoms with Crippen LogP contribution in [0.15, 0.2) is 12.4 Å². The molecule has 0 amide bonds. The van der Waals surface area contributed by atoms with Crippen LogP contribution < -0.4 is 17.6 Å². The van der Waals surface area contributed by atoms with Gasteiger partial charge in [0.2, 0.25) is 0 Å². The summed E-state index contributed by atoms with van der Waals surface area (Å²) in [5.41, 5.74) is 0.441. The van der Waals surface area contributed by atoms with Crippen LogP contribution in [0.1, 0.15) is 54.4 Å². The van der Waals surface area contributed by atoms with E-state index in [9.17, 15) is 0 Å². The normalized spacial score (nSPS) is 15.4. The Labute approximate surface area is 161 Å². The zero-order valence-electron chi connectivity index (χ0n) is 13.9. The molecule has 0 aromatic carbocycles. The average molecular weight is 652 g/mol. The molecule has 7 heteroatoms. The first-order valence-corrected chi connectivity index (χ1v) is 20.4. The van der Waals surface area contributed by atoms with Crippen molar-refractivity contribution in [2.24, 2.45) is 0 Å². The minimum atomic E-state index is 0.220. The van der Waals surface area contributed by atoms with Gasteiger partial charge in [0.1, 0.15) is 23.5 Å². The van der Waals surface area contributed by atoms with Gasteiger partial charge in [0.25, 0.3) is 0 Å². The molecule has 1 aromatic rings. The fourth-order valence-electron chi connectivity index (χ4n) is 1.52. The standard InChI is InChI=1S/C10H20N2P.C4H8O.I3/c1-9(2,3)11-7-8-12(13-11)10(4,5)6;1-2-4-5-3-1;1-3-2/h7-8H,1-6H3;1-4H2;/q+1;;-1. The second-order valence-electron chi connectivity index (χ2n) is 6.79. The van der Waals surface area contributed by atoms with Crippen LogP contribution in [0.4, 0.5) is 0 Å². The van der Waals surface area contributed by atoms with Crippen LogP contribution in [-0.2, 0) is 15.8 Å². The van der Waals surface area contributed by atoms with E-state index in [1.54, 1.807) is 0 Å². The van der Waals surface area contributed by atoms with Gasteiger partial charge < -0.3 is 4.74 Å². The van der Waals surface area contributed by atoms with E-state index in [4.69, 9.17) is 4.74 Å². The molecule has 21 heavy (non-hydrogen) atoms. The zero-order valence-corrected chi connectivity index (χ0v) is 21.2. The van der Waals surface area contributed by atoms with Crippen molar-refractivity contribution in [3.63, 3.8) is 0 Å². The number of hydrogen-bond acceptors (Lipinski definition) is 1. The molecule has 1 aromatic heterocycles. The maximum atomic E-state index is 4.94. The Morgan fingerprint density at radius 3 is 1.76 bits per heavy atom. The topological polar surface area (TPSA) is 18.0 Å². The third-order valence-electron chi connectivity index (χ3n) is 2.74. The summed E-state index contributed by atoms with van der Waals surface area (Å²) in [7, 11) is 1.26.